The lowest BCUT2D eigenvalue weighted by Gasteiger charge is -2.48. The summed E-state index contributed by atoms with van der Waals surface area (Å²) in [4.78, 5) is 36.2. The van der Waals surface area contributed by atoms with Crippen molar-refractivity contribution in [1.29, 1.82) is 0 Å². The number of esters is 3. The van der Waals surface area contributed by atoms with Crippen molar-refractivity contribution in [1.82, 2.24) is 0 Å². The first-order valence-corrected chi connectivity index (χ1v) is 30.5. The highest BCUT2D eigenvalue weighted by Crippen LogP contribution is 2.37. The van der Waals surface area contributed by atoms with Crippen LogP contribution >= 0.6 is 0 Å². The minimum atomic E-state index is -4.01. The van der Waals surface area contributed by atoms with Gasteiger partial charge in [0.05, 0.1) is 19.8 Å². The lowest BCUT2D eigenvalue weighted by atomic mass is 10.1. The van der Waals surface area contributed by atoms with Gasteiger partial charge in [0, 0.05) is 29.6 Å². The molecule has 19 heteroatoms. The van der Waals surface area contributed by atoms with Crippen molar-refractivity contribution < 1.29 is 70.5 Å². The van der Waals surface area contributed by atoms with E-state index in [1.165, 1.54) is 20.8 Å². The molecule has 0 aromatic rings. The van der Waals surface area contributed by atoms with Gasteiger partial charge in [-0.25, -0.2) is 14.4 Å². The number of rotatable bonds is 29. The van der Waals surface area contributed by atoms with Gasteiger partial charge in [-0.05, 0) is 79.7 Å². The molecular weight excluding hydrogens is 785 g/mol. The van der Waals surface area contributed by atoms with Crippen LogP contribution < -0.4 is 0 Å². The third kappa shape index (κ3) is 23.2. The fraction of sp³-hybridized carbons (Fsp3) is 0.750. The van der Waals surface area contributed by atoms with Crippen molar-refractivity contribution in [3.05, 3.63) is 36.5 Å². The van der Waals surface area contributed by atoms with Crippen molar-refractivity contribution in [2.45, 2.75) is 136 Å². The zero-order valence-corrected chi connectivity index (χ0v) is 39.5. The SMILES string of the molecule is C=C(C)C(=O)OCC(O)COC(CC(CCC)(OCC(O)COC(=O)C(=C)C)OCC(O)COC(=O)C(=C)C)[Si](O[Si](C)(C)C)(O[Si](C)(C)C)O[Si](C)(C)C. The summed E-state index contributed by atoms with van der Waals surface area (Å²) in [7, 11) is -11.6. The second-order valence-electron chi connectivity index (χ2n) is 16.7. The second kappa shape index (κ2) is 23.5. The first-order chi connectivity index (χ1) is 25.0. The van der Waals surface area contributed by atoms with E-state index < -0.39 is 94.7 Å². The monoisotopic (exact) mass is 854 g/mol. The van der Waals surface area contributed by atoms with Gasteiger partial charge in [-0.1, -0.05) is 33.1 Å². The van der Waals surface area contributed by atoms with E-state index in [0.29, 0.717) is 6.42 Å². The van der Waals surface area contributed by atoms with Crippen LogP contribution in [0.15, 0.2) is 36.5 Å². The maximum absolute atomic E-state index is 12.1. The summed E-state index contributed by atoms with van der Waals surface area (Å²) in [5.41, 5.74) is -0.598. The molecule has 0 heterocycles. The molecule has 55 heavy (non-hydrogen) atoms. The summed E-state index contributed by atoms with van der Waals surface area (Å²) in [6, 6.07) is 0. The van der Waals surface area contributed by atoms with E-state index in [0.717, 1.165) is 0 Å². The van der Waals surface area contributed by atoms with E-state index in [-0.39, 0.29) is 56.0 Å². The molecule has 3 N–H and O–H groups in total. The maximum atomic E-state index is 12.1. The number of carbonyl (C=O) groups excluding carboxylic acids is 3. The summed E-state index contributed by atoms with van der Waals surface area (Å²) in [5, 5.41) is 32.8. The van der Waals surface area contributed by atoms with Gasteiger partial charge in [0.2, 0.25) is 0 Å². The molecule has 0 rings (SSSR count). The fourth-order valence-electron chi connectivity index (χ4n) is 4.65. The minimum Gasteiger partial charge on any atom is -0.460 e. The topological polar surface area (TPSA) is 195 Å². The fourth-order valence-corrected chi connectivity index (χ4v) is 19.0. The average molecular weight is 855 g/mol. The van der Waals surface area contributed by atoms with E-state index >= 15 is 0 Å². The van der Waals surface area contributed by atoms with E-state index in [2.05, 4.69) is 19.7 Å². The molecular formula is C36H70O15Si4. The second-order valence-corrected chi connectivity index (χ2v) is 33.6. The van der Waals surface area contributed by atoms with Crippen LogP contribution in [0.4, 0.5) is 0 Å². The Morgan fingerprint density at radius 3 is 1.15 bits per heavy atom. The van der Waals surface area contributed by atoms with Crippen molar-refractivity contribution in [2.24, 2.45) is 0 Å². The zero-order valence-electron chi connectivity index (χ0n) is 35.5. The van der Waals surface area contributed by atoms with E-state index in [9.17, 15) is 29.7 Å². The van der Waals surface area contributed by atoms with Gasteiger partial charge in [0.1, 0.15) is 43.9 Å². The predicted molar refractivity (Wildman–Crippen MR) is 218 cm³/mol. The minimum absolute atomic E-state index is 0.151. The van der Waals surface area contributed by atoms with Crippen molar-refractivity contribution in [3.8, 4) is 0 Å². The Morgan fingerprint density at radius 2 is 0.873 bits per heavy atom. The normalized spacial score (nSPS) is 15.9. The van der Waals surface area contributed by atoms with E-state index in [1.807, 2.05) is 65.8 Å². The molecule has 0 spiro atoms. The maximum Gasteiger partial charge on any atom is 0.500 e. The number of aliphatic hydroxyl groups is 3. The molecule has 0 aromatic carbocycles. The Labute approximate surface area is 333 Å². The standard InChI is InChI=1S/C36H70O15Si4/c1-17-18-36(47-24-30(38)22-45-34(41)27(4)5,48-25-31(39)23-46-35(42)28(6)7)19-32(43-20-29(37)21-44-33(40)26(2)3)55(49-52(8,9)10,50-53(11,12)13)51-54(14,15)16/h29-32,37-39H,2,4,6,17-25H2,1,3,5,7-16H3. The summed E-state index contributed by atoms with van der Waals surface area (Å²) in [6.45, 7) is 32.7. The third-order valence-corrected chi connectivity index (χ3v) is 18.6. The van der Waals surface area contributed by atoms with Crippen LogP contribution in [-0.2, 0) is 55.2 Å². The quantitative estimate of drug-likeness (QED) is 0.0306. The van der Waals surface area contributed by atoms with Crippen LogP contribution in [-0.4, -0.2) is 136 Å². The predicted octanol–water partition coefficient (Wildman–Crippen LogP) is 4.76. The summed E-state index contributed by atoms with van der Waals surface area (Å²) in [6.07, 6.45) is -3.38. The number of hydrogen-bond acceptors (Lipinski definition) is 15. The lowest BCUT2D eigenvalue weighted by molar-refractivity contribution is -0.272. The van der Waals surface area contributed by atoms with Crippen LogP contribution in [0.3, 0.4) is 0 Å². The van der Waals surface area contributed by atoms with Gasteiger partial charge in [-0.3, -0.25) is 0 Å². The molecule has 0 saturated carbocycles. The van der Waals surface area contributed by atoms with Crippen LogP contribution in [0.2, 0.25) is 58.9 Å². The lowest BCUT2D eigenvalue weighted by Crippen LogP contribution is -2.69. The summed E-state index contributed by atoms with van der Waals surface area (Å²) >= 11 is 0. The van der Waals surface area contributed by atoms with Gasteiger partial charge < -0.3 is 56.1 Å². The Hall–Kier alpha value is -1.86. The van der Waals surface area contributed by atoms with Gasteiger partial charge in [-0.15, -0.1) is 0 Å². The molecule has 0 saturated heterocycles. The van der Waals surface area contributed by atoms with E-state index in [4.69, 9.17) is 40.8 Å². The van der Waals surface area contributed by atoms with Crippen LogP contribution in [0.25, 0.3) is 0 Å². The highest BCUT2D eigenvalue weighted by molar-refractivity contribution is 6.90. The van der Waals surface area contributed by atoms with Gasteiger partial charge in [-0.2, -0.15) is 0 Å². The molecule has 15 nitrogen and oxygen atoms in total. The first kappa shape index (κ1) is 53.1. The van der Waals surface area contributed by atoms with Gasteiger partial charge in [0.25, 0.3) is 0 Å². The van der Waals surface area contributed by atoms with Crippen molar-refractivity contribution >= 4 is 51.7 Å². The molecule has 0 aliphatic carbocycles. The number of aliphatic hydroxyl groups excluding tert-OH is 3. The van der Waals surface area contributed by atoms with E-state index in [1.54, 1.807) is 0 Å². The highest BCUT2D eigenvalue weighted by atomic mass is 28.5. The largest absolute Gasteiger partial charge is 0.500 e. The molecule has 0 fully saturated rings. The Bertz CT molecular complexity index is 1190. The third-order valence-electron chi connectivity index (χ3n) is 6.70. The molecule has 0 radical (unpaired) electrons. The first-order valence-electron chi connectivity index (χ1n) is 18.5. The molecule has 0 aromatic heterocycles. The molecule has 0 aliphatic heterocycles. The average Bonchev–Trinajstić information content (AvgIpc) is 3.01. The summed E-state index contributed by atoms with van der Waals surface area (Å²) < 4.78 is 55.9. The van der Waals surface area contributed by atoms with Crippen molar-refractivity contribution in [2.75, 3.05) is 39.6 Å². The molecule has 0 bridgehead atoms. The molecule has 0 aliphatic rings. The number of carbonyl (C=O) groups is 3. The zero-order chi connectivity index (χ0) is 43.0. The Balaban J connectivity index is 7.36. The van der Waals surface area contributed by atoms with Crippen LogP contribution in [0.5, 0.6) is 0 Å². The number of ether oxygens (including phenoxy) is 6. The van der Waals surface area contributed by atoms with Gasteiger partial charge in [0.15, 0.2) is 30.7 Å². The van der Waals surface area contributed by atoms with Crippen LogP contribution in [0.1, 0.15) is 47.0 Å². The Kier molecular flexibility index (Phi) is 22.7. The molecule has 4 unspecified atom stereocenters. The molecule has 4 atom stereocenters. The van der Waals surface area contributed by atoms with Gasteiger partial charge >= 0.3 is 26.7 Å². The number of hydrogen-bond donors (Lipinski definition) is 3. The van der Waals surface area contributed by atoms with Crippen molar-refractivity contribution in [3.63, 3.8) is 0 Å². The molecule has 320 valence electrons. The summed E-state index contributed by atoms with van der Waals surface area (Å²) in [5.74, 6) is -3.69. The Morgan fingerprint density at radius 1 is 0.564 bits per heavy atom. The highest BCUT2D eigenvalue weighted by Gasteiger charge is 2.59. The molecule has 0 amide bonds. The smallest absolute Gasteiger partial charge is 0.460 e. The van der Waals surface area contributed by atoms with Crippen LogP contribution in [0, 0.1) is 0 Å².